The van der Waals surface area contributed by atoms with Crippen LogP contribution < -0.4 is 14.5 Å². The Labute approximate surface area is 198 Å². The highest BCUT2D eigenvalue weighted by Crippen LogP contribution is 2.32. The summed E-state index contributed by atoms with van der Waals surface area (Å²) in [6, 6.07) is 13.2. The van der Waals surface area contributed by atoms with Crippen LogP contribution in [0.4, 0.5) is 16.5 Å². The summed E-state index contributed by atoms with van der Waals surface area (Å²) in [5.74, 6) is 0.126. The van der Waals surface area contributed by atoms with E-state index in [0.29, 0.717) is 11.7 Å². The number of thiazole rings is 1. The lowest BCUT2D eigenvalue weighted by molar-refractivity contribution is -0.121. The van der Waals surface area contributed by atoms with Gasteiger partial charge in [0.2, 0.25) is 5.91 Å². The number of rotatable bonds is 5. The van der Waals surface area contributed by atoms with Crippen LogP contribution in [-0.2, 0) is 21.2 Å². The van der Waals surface area contributed by atoms with E-state index < -0.39 is 10.0 Å². The van der Waals surface area contributed by atoms with Crippen molar-refractivity contribution in [1.82, 2.24) is 4.98 Å². The highest BCUT2D eigenvalue weighted by molar-refractivity contribution is 7.93. The molecule has 0 radical (unpaired) electrons. The molecule has 3 heterocycles. The Morgan fingerprint density at radius 3 is 2.73 bits per heavy atom. The molecule has 1 N–H and O–H groups in total. The molecule has 0 saturated carbocycles. The number of fused-ring (bicyclic) bond motifs is 1. The van der Waals surface area contributed by atoms with Crippen molar-refractivity contribution < 1.29 is 13.2 Å². The van der Waals surface area contributed by atoms with E-state index in [4.69, 9.17) is 0 Å². The van der Waals surface area contributed by atoms with Crippen LogP contribution in [0.25, 0.3) is 0 Å². The Bertz CT molecular complexity index is 1260. The number of nitrogens with one attached hydrogen (secondary N) is 1. The number of benzene rings is 2. The number of aromatic nitrogens is 1. The maximum atomic E-state index is 13.4. The smallest absolute Gasteiger partial charge is 0.263 e. The summed E-state index contributed by atoms with van der Waals surface area (Å²) in [6.45, 7) is 4.26. The number of amides is 1. The summed E-state index contributed by atoms with van der Waals surface area (Å²) >= 11 is 1.23. The van der Waals surface area contributed by atoms with Gasteiger partial charge in [-0.1, -0.05) is 17.7 Å². The Morgan fingerprint density at radius 2 is 1.97 bits per heavy atom. The largest absolute Gasteiger partial charge is 0.371 e. The monoisotopic (exact) mass is 482 g/mol. The standard InChI is InChI=1S/C24H26N4O3S2/c1-17-4-9-22-18(15-17)3-2-12-28(22)23(29)19-10-13-27(16-19)20-5-7-21(8-6-20)33(30,31)26-24-25-11-14-32-24/h4-9,11,14-15,19H,2-3,10,12-13,16H2,1H3,(H,25,26). The quantitative estimate of drug-likeness (QED) is 0.593. The highest BCUT2D eigenvalue weighted by Gasteiger charge is 2.34. The summed E-state index contributed by atoms with van der Waals surface area (Å²) in [6.07, 6.45) is 4.36. The van der Waals surface area contributed by atoms with Crippen LogP contribution in [-0.4, -0.2) is 38.9 Å². The van der Waals surface area contributed by atoms with Gasteiger partial charge in [-0.3, -0.25) is 9.52 Å². The molecule has 7 nitrogen and oxygen atoms in total. The van der Waals surface area contributed by atoms with Crippen molar-refractivity contribution in [3.8, 4) is 0 Å². The van der Waals surface area contributed by atoms with Gasteiger partial charge in [0.25, 0.3) is 10.0 Å². The molecular formula is C24H26N4O3S2. The van der Waals surface area contributed by atoms with E-state index in [0.717, 1.165) is 43.7 Å². The molecule has 33 heavy (non-hydrogen) atoms. The molecule has 172 valence electrons. The Hall–Kier alpha value is -2.91. The van der Waals surface area contributed by atoms with E-state index in [1.165, 1.54) is 22.5 Å². The fourth-order valence-electron chi connectivity index (χ4n) is 4.66. The number of sulfonamides is 1. The lowest BCUT2D eigenvalue weighted by Crippen LogP contribution is -2.40. The number of anilines is 3. The van der Waals surface area contributed by atoms with Crippen LogP contribution in [0.1, 0.15) is 24.0 Å². The summed E-state index contributed by atoms with van der Waals surface area (Å²) in [4.78, 5) is 21.7. The fraction of sp³-hybridized carbons (Fsp3) is 0.333. The van der Waals surface area contributed by atoms with Crippen molar-refractivity contribution >= 4 is 43.8 Å². The van der Waals surface area contributed by atoms with E-state index >= 15 is 0 Å². The zero-order valence-corrected chi connectivity index (χ0v) is 20.0. The third-order valence-corrected chi connectivity index (χ3v) is 8.50. The second kappa shape index (κ2) is 8.79. The molecule has 9 heteroatoms. The molecule has 1 fully saturated rings. The van der Waals surface area contributed by atoms with Gasteiger partial charge in [0.15, 0.2) is 5.13 Å². The predicted molar refractivity (Wildman–Crippen MR) is 132 cm³/mol. The van der Waals surface area contributed by atoms with Crippen LogP contribution in [0.2, 0.25) is 0 Å². The van der Waals surface area contributed by atoms with Crippen LogP contribution in [0.15, 0.2) is 58.9 Å². The average molecular weight is 483 g/mol. The van der Waals surface area contributed by atoms with Gasteiger partial charge in [0.05, 0.1) is 10.8 Å². The van der Waals surface area contributed by atoms with E-state index in [1.54, 1.807) is 23.7 Å². The number of aryl methyl sites for hydroxylation is 2. The molecule has 2 aromatic carbocycles. The maximum absolute atomic E-state index is 13.4. The van der Waals surface area contributed by atoms with Gasteiger partial charge in [-0.2, -0.15) is 0 Å². The van der Waals surface area contributed by atoms with E-state index in [1.807, 2.05) is 17.0 Å². The molecule has 2 aliphatic rings. The minimum absolute atomic E-state index is 0.0627. The molecule has 1 amide bonds. The van der Waals surface area contributed by atoms with Crippen LogP contribution in [0.3, 0.4) is 0 Å². The van der Waals surface area contributed by atoms with Crippen LogP contribution >= 0.6 is 11.3 Å². The van der Waals surface area contributed by atoms with Crippen LogP contribution in [0, 0.1) is 12.8 Å². The minimum atomic E-state index is -3.68. The van der Waals surface area contributed by atoms with Gasteiger partial charge in [-0.25, -0.2) is 13.4 Å². The molecule has 1 unspecified atom stereocenters. The second-order valence-electron chi connectivity index (χ2n) is 8.59. The summed E-state index contributed by atoms with van der Waals surface area (Å²) in [5, 5.41) is 2.06. The van der Waals surface area contributed by atoms with Gasteiger partial charge in [0.1, 0.15) is 0 Å². The minimum Gasteiger partial charge on any atom is -0.371 e. The van der Waals surface area contributed by atoms with Gasteiger partial charge in [-0.15, -0.1) is 11.3 Å². The molecule has 0 bridgehead atoms. The Morgan fingerprint density at radius 1 is 1.15 bits per heavy atom. The number of hydrogen-bond donors (Lipinski definition) is 1. The summed E-state index contributed by atoms with van der Waals surface area (Å²) < 4.78 is 27.6. The fourth-order valence-corrected chi connectivity index (χ4v) is 6.44. The number of carbonyl (C=O) groups excluding carboxylic acids is 1. The molecule has 3 aromatic rings. The first-order chi connectivity index (χ1) is 15.9. The average Bonchev–Trinajstić information content (AvgIpc) is 3.50. The van der Waals surface area contributed by atoms with Crippen molar-refractivity contribution in [2.45, 2.75) is 31.1 Å². The van der Waals surface area contributed by atoms with Crippen molar-refractivity contribution in [2.24, 2.45) is 5.92 Å². The molecule has 2 aliphatic heterocycles. The van der Waals surface area contributed by atoms with Gasteiger partial charge in [-0.05, 0) is 62.1 Å². The highest BCUT2D eigenvalue weighted by atomic mass is 32.2. The van der Waals surface area contributed by atoms with E-state index in [9.17, 15) is 13.2 Å². The van der Waals surface area contributed by atoms with Crippen molar-refractivity contribution in [3.63, 3.8) is 0 Å². The second-order valence-corrected chi connectivity index (χ2v) is 11.2. The van der Waals surface area contributed by atoms with Gasteiger partial charge in [0, 0.05) is 42.6 Å². The van der Waals surface area contributed by atoms with Crippen molar-refractivity contribution in [1.29, 1.82) is 0 Å². The first-order valence-corrected chi connectivity index (χ1v) is 13.5. The number of hydrogen-bond acceptors (Lipinski definition) is 6. The molecule has 1 atom stereocenters. The lowest BCUT2D eigenvalue weighted by atomic mass is 9.97. The maximum Gasteiger partial charge on any atom is 0.263 e. The van der Waals surface area contributed by atoms with E-state index in [-0.39, 0.29) is 16.7 Å². The zero-order chi connectivity index (χ0) is 23.0. The predicted octanol–water partition coefficient (Wildman–Crippen LogP) is 4.06. The lowest BCUT2D eigenvalue weighted by Gasteiger charge is -2.32. The third kappa shape index (κ3) is 4.47. The molecule has 0 aliphatic carbocycles. The number of nitrogens with zero attached hydrogens (tertiary/aromatic N) is 3. The molecule has 1 aromatic heterocycles. The first-order valence-electron chi connectivity index (χ1n) is 11.1. The zero-order valence-electron chi connectivity index (χ0n) is 18.4. The normalized spacial score (nSPS) is 18.3. The van der Waals surface area contributed by atoms with Crippen LogP contribution in [0.5, 0.6) is 0 Å². The van der Waals surface area contributed by atoms with Crippen molar-refractivity contribution in [2.75, 3.05) is 34.2 Å². The van der Waals surface area contributed by atoms with E-state index in [2.05, 4.69) is 39.7 Å². The Balaban J connectivity index is 1.27. The molecule has 0 spiro atoms. The third-order valence-electron chi connectivity index (χ3n) is 6.32. The summed E-state index contributed by atoms with van der Waals surface area (Å²) in [7, 11) is -3.68. The topological polar surface area (TPSA) is 82.6 Å². The SMILES string of the molecule is Cc1ccc2c(c1)CCCN2C(=O)C1CCN(c2ccc(S(=O)(=O)Nc3nccs3)cc2)C1. The number of carbonyl (C=O) groups is 1. The summed E-state index contributed by atoms with van der Waals surface area (Å²) in [5.41, 5.74) is 4.46. The Kier molecular flexibility index (Phi) is 5.84. The van der Waals surface area contributed by atoms with Crippen molar-refractivity contribution in [3.05, 3.63) is 65.2 Å². The molecular weight excluding hydrogens is 456 g/mol. The van der Waals surface area contributed by atoms with Gasteiger partial charge >= 0.3 is 0 Å². The first kappa shape index (κ1) is 21.9. The molecule has 5 rings (SSSR count). The van der Waals surface area contributed by atoms with Gasteiger partial charge < -0.3 is 9.80 Å². The molecule has 1 saturated heterocycles.